The van der Waals surface area contributed by atoms with Crippen molar-refractivity contribution in [2.45, 2.75) is 189 Å². The number of carbonyl (C=O) groups excluding carboxylic acids is 2. The Morgan fingerprint density at radius 2 is 1.01 bits per heavy atom. The second-order valence-corrected chi connectivity index (χ2v) is 21.7. The number of aliphatic hydroxyl groups excluding tert-OH is 2. The summed E-state index contributed by atoms with van der Waals surface area (Å²) in [6.07, 6.45) is 3.67. The lowest BCUT2D eigenvalue weighted by atomic mass is 9.69. The van der Waals surface area contributed by atoms with Gasteiger partial charge >= 0.3 is 0 Å². The smallest absolute Gasteiger partial charge is 0.224 e. The summed E-state index contributed by atoms with van der Waals surface area (Å²) in [5.41, 5.74) is 10.8. The number of hydrogen-bond acceptors (Lipinski definition) is 8. The van der Waals surface area contributed by atoms with Gasteiger partial charge in [-0.05, 0) is 177 Å². The second-order valence-electron chi connectivity index (χ2n) is 21.7. The summed E-state index contributed by atoms with van der Waals surface area (Å²) < 4.78 is 23.3. The van der Waals surface area contributed by atoms with Crippen LogP contribution in [0.1, 0.15) is 164 Å². The van der Waals surface area contributed by atoms with Crippen LogP contribution in [0.3, 0.4) is 0 Å². The standard InChI is InChI=1S/C31H45NO4.C28H41NO4/c1-10-31(11-2,24-13-12-23(21(3)16-24)18-28(33)32-29(5,6)7)25-14-15-27(22(4)17-25)34-19-26-20-35-30(8,9)36-26;1-8-28(9-2,23-12-13-25(20(4)15-23)33-18-24(31)17-30)22-11-10-21(19(3)14-22)16-26(32)29-27(5,6)7/h12-17,26H,10-11,18-20H2,1-9H3,(H,32,33);10-15,24,30-31H,8-9,16-18H2,1-7H3,(H,29,32)/t26-;24-/m10/s1. The van der Waals surface area contributed by atoms with Gasteiger partial charge in [-0.15, -0.1) is 0 Å². The number of aryl methyl sites for hydroxylation is 4. The first-order chi connectivity index (χ1) is 32.2. The third-order valence-corrected chi connectivity index (χ3v) is 13.5. The predicted octanol–water partition coefficient (Wildman–Crippen LogP) is 11.0. The third-order valence-electron chi connectivity index (χ3n) is 13.5. The summed E-state index contributed by atoms with van der Waals surface area (Å²) in [4.78, 5) is 24.9. The maximum atomic E-state index is 12.5. The van der Waals surface area contributed by atoms with Gasteiger partial charge in [0, 0.05) is 21.9 Å². The van der Waals surface area contributed by atoms with Crippen LogP contribution in [0.4, 0.5) is 0 Å². The zero-order valence-electron chi connectivity index (χ0n) is 45.0. The van der Waals surface area contributed by atoms with Crippen molar-refractivity contribution in [1.82, 2.24) is 10.6 Å². The number of aliphatic hydroxyl groups is 2. The molecule has 0 bridgehead atoms. The van der Waals surface area contributed by atoms with Gasteiger partial charge in [0.25, 0.3) is 0 Å². The third kappa shape index (κ3) is 15.4. The highest BCUT2D eigenvalue weighted by molar-refractivity contribution is 5.80. The zero-order valence-corrected chi connectivity index (χ0v) is 45.0. The lowest BCUT2D eigenvalue weighted by Crippen LogP contribution is -2.41. The molecule has 0 radical (unpaired) electrons. The topological polar surface area (TPSA) is 136 Å². The molecule has 4 aromatic carbocycles. The fourth-order valence-electron chi connectivity index (χ4n) is 9.61. The van der Waals surface area contributed by atoms with Crippen LogP contribution >= 0.6 is 0 Å². The molecule has 5 rings (SSSR count). The molecular weight excluding hydrogens is 865 g/mol. The van der Waals surface area contributed by atoms with Gasteiger partial charge in [-0.3, -0.25) is 9.59 Å². The highest BCUT2D eigenvalue weighted by atomic mass is 16.7. The SMILES string of the molecule is CCC(CC)(c1ccc(CC(=O)NC(C)(C)C)c(C)c1)c1ccc(OC[C@@H](O)CO)c(C)c1.CCC(CC)(c1ccc(CC(=O)NC(C)(C)C)c(C)c1)c1ccc(OC[C@@H]2COC(C)(C)O2)c(C)c1. The fraction of sp³-hybridized carbons (Fsp3) is 0.559. The van der Waals surface area contributed by atoms with E-state index in [0.29, 0.717) is 31.8 Å². The average molecular weight is 951 g/mol. The lowest BCUT2D eigenvalue weighted by molar-refractivity contribution is -0.141. The minimum Gasteiger partial charge on any atom is -0.491 e. The van der Waals surface area contributed by atoms with Gasteiger partial charge < -0.3 is 39.8 Å². The molecule has 380 valence electrons. The number of ether oxygens (including phenoxy) is 4. The molecule has 2 amide bonds. The Balaban J connectivity index is 0.000000302. The number of hydrogen-bond donors (Lipinski definition) is 4. The van der Waals surface area contributed by atoms with E-state index >= 15 is 0 Å². The van der Waals surface area contributed by atoms with E-state index < -0.39 is 11.9 Å². The molecule has 4 aromatic rings. The van der Waals surface area contributed by atoms with Crippen molar-refractivity contribution >= 4 is 11.8 Å². The molecule has 1 heterocycles. The molecule has 69 heavy (non-hydrogen) atoms. The Bertz CT molecular complexity index is 2330. The minimum absolute atomic E-state index is 0.0353. The number of carbonyl (C=O) groups is 2. The van der Waals surface area contributed by atoms with E-state index in [1.807, 2.05) is 68.4 Å². The van der Waals surface area contributed by atoms with Gasteiger partial charge in [-0.25, -0.2) is 0 Å². The van der Waals surface area contributed by atoms with E-state index in [9.17, 15) is 14.7 Å². The first kappa shape index (κ1) is 56.8. The van der Waals surface area contributed by atoms with Crippen LogP contribution < -0.4 is 20.1 Å². The van der Waals surface area contributed by atoms with E-state index in [0.717, 1.165) is 64.8 Å². The van der Waals surface area contributed by atoms with Crippen molar-refractivity contribution in [1.29, 1.82) is 0 Å². The molecule has 0 aromatic heterocycles. The van der Waals surface area contributed by atoms with E-state index in [4.69, 9.17) is 24.1 Å². The van der Waals surface area contributed by atoms with Crippen LogP contribution in [0.25, 0.3) is 0 Å². The van der Waals surface area contributed by atoms with E-state index in [1.54, 1.807) is 0 Å². The summed E-state index contributed by atoms with van der Waals surface area (Å²) >= 11 is 0. The van der Waals surface area contributed by atoms with Crippen LogP contribution in [0.5, 0.6) is 11.5 Å². The monoisotopic (exact) mass is 951 g/mol. The molecule has 1 aliphatic heterocycles. The molecule has 0 unspecified atom stereocenters. The number of nitrogens with one attached hydrogen (secondary N) is 2. The van der Waals surface area contributed by atoms with Gasteiger partial charge in [-0.1, -0.05) is 88.4 Å². The molecular formula is C59H86N2O8. The highest BCUT2D eigenvalue weighted by Crippen LogP contribution is 2.42. The van der Waals surface area contributed by atoms with Crippen LogP contribution in [0.2, 0.25) is 0 Å². The molecule has 0 saturated carbocycles. The average Bonchev–Trinajstić information content (AvgIpc) is 3.62. The Kier molecular flexibility index (Phi) is 19.7. The molecule has 1 fully saturated rings. The van der Waals surface area contributed by atoms with E-state index in [2.05, 4.69) is 126 Å². The van der Waals surface area contributed by atoms with Gasteiger partial charge in [0.1, 0.15) is 36.9 Å². The zero-order chi connectivity index (χ0) is 51.5. The number of benzene rings is 4. The van der Waals surface area contributed by atoms with Crippen molar-refractivity contribution in [2.75, 3.05) is 26.4 Å². The lowest BCUT2D eigenvalue weighted by Gasteiger charge is -2.34. The second kappa shape index (κ2) is 23.9. The van der Waals surface area contributed by atoms with Crippen molar-refractivity contribution in [3.8, 4) is 11.5 Å². The van der Waals surface area contributed by atoms with Crippen molar-refractivity contribution in [3.63, 3.8) is 0 Å². The maximum Gasteiger partial charge on any atom is 0.224 e. The van der Waals surface area contributed by atoms with E-state index in [-0.39, 0.29) is 53.0 Å². The molecule has 0 spiro atoms. The van der Waals surface area contributed by atoms with Gasteiger partial charge in [-0.2, -0.15) is 0 Å². The predicted molar refractivity (Wildman–Crippen MR) is 280 cm³/mol. The Morgan fingerprint density at radius 1 is 0.638 bits per heavy atom. The molecule has 0 aliphatic carbocycles. The normalized spacial score (nSPS) is 15.5. The molecule has 1 saturated heterocycles. The van der Waals surface area contributed by atoms with Gasteiger partial charge in [0.2, 0.25) is 11.8 Å². The first-order valence-corrected chi connectivity index (χ1v) is 25.1. The fourth-order valence-corrected chi connectivity index (χ4v) is 9.61. The summed E-state index contributed by atoms with van der Waals surface area (Å²) in [7, 11) is 0. The summed E-state index contributed by atoms with van der Waals surface area (Å²) in [6, 6.07) is 25.8. The summed E-state index contributed by atoms with van der Waals surface area (Å²) in [6.45, 7) is 33.8. The maximum absolute atomic E-state index is 12.5. The molecule has 10 nitrogen and oxygen atoms in total. The van der Waals surface area contributed by atoms with Crippen LogP contribution in [0, 0.1) is 27.7 Å². The molecule has 1 aliphatic rings. The highest BCUT2D eigenvalue weighted by Gasteiger charge is 2.35. The summed E-state index contributed by atoms with van der Waals surface area (Å²) in [5, 5.41) is 24.7. The number of amides is 2. The Hall–Kier alpha value is -4.74. The van der Waals surface area contributed by atoms with E-state index in [1.165, 1.54) is 22.3 Å². The first-order valence-electron chi connectivity index (χ1n) is 25.1. The Morgan fingerprint density at radius 3 is 1.33 bits per heavy atom. The Labute approximate surface area is 415 Å². The van der Waals surface area contributed by atoms with Crippen molar-refractivity contribution in [3.05, 3.63) is 128 Å². The van der Waals surface area contributed by atoms with Gasteiger partial charge in [0.05, 0.1) is 26.1 Å². The molecule has 4 N–H and O–H groups in total. The van der Waals surface area contributed by atoms with Crippen LogP contribution in [-0.4, -0.2) is 77.5 Å². The van der Waals surface area contributed by atoms with Crippen LogP contribution in [-0.2, 0) is 42.7 Å². The largest absolute Gasteiger partial charge is 0.491 e. The van der Waals surface area contributed by atoms with Crippen molar-refractivity contribution in [2.24, 2.45) is 0 Å². The van der Waals surface area contributed by atoms with Gasteiger partial charge in [0.15, 0.2) is 5.79 Å². The van der Waals surface area contributed by atoms with Crippen molar-refractivity contribution < 1.29 is 38.7 Å². The quantitative estimate of drug-likeness (QED) is 0.0730. The molecule has 2 atom stereocenters. The molecule has 10 heteroatoms. The summed E-state index contributed by atoms with van der Waals surface area (Å²) in [5.74, 6) is 1.14. The minimum atomic E-state index is -0.888. The van der Waals surface area contributed by atoms with Crippen LogP contribution in [0.15, 0.2) is 72.8 Å². The number of rotatable bonds is 19.